The van der Waals surface area contributed by atoms with Gasteiger partial charge in [-0.3, -0.25) is 19.6 Å². The molecule has 6 heteroatoms. The van der Waals surface area contributed by atoms with Gasteiger partial charge in [0.05, 0.1) is 6.04 Å². The van der Waals surface area contributed by atoms with Gasteiger partial charge in [0.15, 0.2) is 0 Å². The van der Waals surface area contributed by atoms with E-state index in [-0.39, 0.29) is 23.8 Å². The van der Waals surface area contributed by atoms with Crippen LogP contribution in [0, 0.1) is 5.92 Å². The Morgan fingerprint density at radius 3 is 2.64 bits per heavy atom. The average molecular weight is 336 g/mol. The van der Waals surface area contributed by atoms with Crippen LogP contribution in [0.15, 0.2) is 49.1 Å². The zero-order valence-electron chi connectivity index (χ0n) is 13.8. The summed E-state index contributed by atoms with van der Waals surface area (Å²) in [5, 5.41) is 2.98. The van der Waals surface area contributed by atoms with Crippen molar-refractivity contribution in [2.24, 2.45) is 5.92 Å². The van der Waals surface area contributed by atoms with Gasteiger partial charge in [0.25, 0.3) is 5.91 Å². The summed E-state index contributed by atoms with van der Waals surface area (Å²) in [6.07, 6.45) is 9.37. The van der Waals surface area contributed by atoms with Crippen molar-refractivity contribution < 1.29 is 9.59 Å². The van der Waals surface area contributed by atoms with E-state index in [4.69, 9.17) is 0 Å². The minimum atomic E-state index is -0.135. The third-order valence-corrected chi connectivity index (χ3v) is 4.90. The highest BCUT2D eigenvalue weighted by Crippen LogP contribution is 2.44. The molecule has 2 atom stereocenters. The Labute approximate surface area is 146 Å². The quantitative estimate of drug-likeness (QED) is 0.906. The number of likely N-dealkylation sites (tertiary alicyclic amines) is 1. The largest absolute Gasteiger partial charge is 0.352 e. The zero-order valence-corrected chi connectivity index (χ0v) is 13.8. The van der Waals surface area contributed by atoms with E-state index in [0.717, 1.165) is 18.4 Å². The molecule has 0 aromatic carbocycles. The fourth-order valence-electron chi connectivity index (χ4n) is 3.60. The molecule has 2 amide bonds. The Morgan fingerprint density at radius 1 is 1.16 bits per heavy atom. The molecule has 0 unspecified atom stereocenters. The summed E-state index contributed by atoms with van der Waals surface area (Å²) >= 11 is 0. The molecule has 2 aromatic rings. The number of hydrogen-bond donors (Lipinski definition) is 1. The number of amides is 2. The van der Waals surface area contributed by atoms with E-state index in [9.17, 15) is 9.59 Å². The van der Waals surface area contributed by atoms with Crippen LogP contribution in [0.2, 0.25) is 0 Å². The lowest BCUT2D eigenvalue weighted by atomic mass is 9.94. The summed E-state index contributed by atoms with van der Waals surface area (Å²) in [4.78, 5) is 35.0. The highest BCUT2D eigenvalue weighted by Gasteiger charge is 2.47. The number of nitrogens with zero attached hydrogens (tertiary/aromatic N) is 3. The van der Waals surface area contributed by atoms with Crippen LogP contribution >= 0.6 is 0 Å². The maximum atomic E-state index is 12.5. The van der Waals surface area contributed by atoms with Crippen molar-refractivity contribution in [2.45, 2.75) is 31.3 Å². The Kier molecular flexibility index (Phi) is 4.17. The van der Waals surface area contributed by atoms with Gasteiger partial charge >= 0.3 is 0 Å². The van der Waals surface area contributed by atoms with Gasteiger partial charge in [-0.25, -0.2) is 0 Å². The monoisotopic (exact) mass is 336 g/mol. The number of aromatic nitrogens is 2. The molecule has 128 valence electrons. The van der Waals surface area contributed by atoms with Crippen molar-refractivity contribution in [3.05, 3.63) is 60.2 Å². The molecule has 0 spiro atoms. The molecule has 2 fully saturated rings. The number of rotatable bonds is 5. The minimum Gasteiger partial charge on any atom is -0.352 e. The van der Waals surface area contributed by atoms with Gasteiger partial charge < -0.3 is 10.2 Å². The third-order valence-electron chi connectivity index (χ3n) is 4.90. The first kappa shape index (κ1) is 15.7. The molecule has 1 aliphatic heterocycles. The SMILES string of the molecule is O=C(NC[C@@H]1CC(=O)N(C2CC2)[C@H]1c1cccnc1)c1ccncc1. The topological polar surface area (TPSA) is 75.2 Å². The highest BCUT2D eigenvalue weighted by molar-refractivity contribution is 5.94. The molecule has 1 saturated heterocycles. The van der Waals surface area contributed by atoms with Crippen molar-refractivity contribution in [1.82, 2.24) is 20.2 Å². The maximum Gasteiger partial charge on any atom is 0.251 e. The molecule has 4 rings (SSSR count). The Morgan fingerprint density at radius 2 is 1.96 bits per heavy atom. The maximum absolute atomic E-state index is 12.5. The van der Waals surface area contributed by atoms with Gasteiger partial charge in [-0.05, 0) is 36.6 Å². The predicted molar refractivity (Wildman–Crippen MR) is 91.5 cm³/mol. The molecule has 1 saturated carbocycles. The van der Waals surface area contributed by atoms with Crippen LogP contribution in [0.1, 0.15) is 41.2 Å². The molecule has 0 bridgehead atoms. The first-order chi connectivity index (χ1) is 12.2. The average Bonchev–Trinajstić information content (AvgIpc) is 3.44. The number of pyridine rings is 2. The molecule has 3 heterocycles. The van der Waals surface area contributed by atoms with Crippen molar-refractivity contribution >= 4 is 11.8 Å². The van der Waals surface area contributed by atoms with Crippen LogP contribution < -0.4 is 5.32 Å². The molecular formula is C19H20N4O2. The summed E-state index contributed by atoms with van der Waals surface area (Å²) in [7, 11) is 0. The van der Waals surface area contributed by atoms with Crippen LogP contribution in [-0.2, 0) is 4.79 Å². The first-order valence-corrected chi connectivity index (χ1v) is 8.63. The Bertz CT molecular complexity index is 762. The second kappa shape index (κ2) is 6.63. The van der Waals surface area contributed by atoms with Crippen molar-refractivity contribution in [3.8, 4) is 0 Å². The zero-order chi connectivity index (χ0) is 17.2. The van der Waals surface area contributed by atoms with Crippen molar-refractivity contribution in [1.29, 1.82) is 0 Å². The highest BCUT2D eigenvalue weighted by atomic mass is 16.2. The number of carbonyl (C=O) groups excluding carboxylic acids is 2. The van der Waals surface area contributed by atoms with Gasteiger partial charge in [-0.2, -0.15) is 0 Å². The smallest absolute Gasteiger partial charge is 0.251 e. The predicted octanol–water partition coefficient (Wildman–Crippen LogP) is 1.96. The van der Waals surface area contributed by atoms with Crippen molar-refractivity contribution in [3.63, 3.8) is 0 Å². The van der Waals surface area contributed by atoms with Crippen LogP contribution in [0.3, 0.4) is 0 Å². The van der Waals surface area contributed by atoms with Crippen LogP contribution in [-0.4, -0.2) is 39.3 Å². The fourth-order valence-corrected chi connectivity index (χ4v) is 3.60. The van der Waals surface area contributed by atoms with E-state index in [0.29, 0.717) is 24.6 Å². The standard InChI is InChI=1S/C19H20N4O2/c24-17-10-15(12-22-19(25)13-5-8-20-9-6-13)18(23(17)16-3-4-16)14-2-1-7-21-11-14/h1-2,5-9,11,15-16,18H,3-4,10,12H2,(H,22,25)/t15-,18-/m0/s1. The molecule has 2 aromatic heterocycles. The molecule has 1 N–H and O–H groups in total. The lowest BCUT2D eigenvalue weighted by Gasteiger charge is -2.28. The molecule has 0 radical (unpaired) electrons. The lowest BCUT2D eigenvalue weighted by molar-refractivity contribution is -0.129. The lowest BCUT2D eigenvalue weighted by Crippen LogP contribution is -2.35. The summed E-state index contributed by atoms with van der Waals surface area (Å²) in [5.74, 6) is 0.104. The van der Waals surface area contributed by atoms with Gasteiger partial charge in [-0.1, -0.05) is 6.07 Å². The molecular weight excluding hydrogens is 316 g/mol. The van der Waals surface area contributed by atoms with E-state index in [1.54, 1.807) is 30.7 Å². The summed E-state index contributed by atoms with van der Waals surface area (Å²) in [5.41, 5.74) is 1.62. The van der Waals surface area contributed by atoms with E-state index in [1.165, 1.54) is 0 Å². The van der Waals surface area contributed by atoms with Gasteiger partial charge in [0.2, 0.25) is 5.91 Å². The van der Waals surface area contributed by atoms with E-state index in [1.807, 2.05) is 23.2 Å². The van der Waals surface area contributed by atoms with Gasteiger partial charge in [0.1, 0.15) is 0 Å². The normalized spacial score (nSPS) is 22.9. The Hall–Kier alpha value is -2.76. The first-order valence-electron chi connectivity index (χ1n) is 8.63. The number of carbonyl (C=O) groups is 2. The molecule has 6 nitrogen and oxygen atoms in total. The van der Waals surface area contributed by atoms with Crippen LogP contribution in [0.25, 0.3) is 0 Å². The van der Waals surface area contributed by atoms with Gasteiger partial charge in [-0.15, -0.1) is 0 Å². The van der Waals surface area contributed by atoms with Crippen molar-refractivity contribution in [2.75, 3.05) is 6.54 Å². The molecule has 25 heavy (non-hydrogen) atoms. The second-order valence-corrected chi connectivity index (χ2v) is 6.67. The van der Waals surface area contributed by atoms with E-state index < -0.39 is 0 Å². The second-order valence-electron chi connectivity index (χ2n) is 6.67. The van der Waals surface area contributed by atoms with Crippen LogP contribution in [0.4, 0.5) is 0 Å². The summed E-state index contributed by atoms with van der Waals surface area (Å²) < 4.78 is 0. The van der Waals surface area contributed by atoms with Crippen LogP contribution in [0.5, 0.6) is 0 Å². The Balaban J connectivity index is 1.51. The molecule has 1 aliphatic carbocycles. The minimum absolute atomic E-state index is 0.00793. The van der Waals surface area contributed by atoms with Gasteiger partial charge in [0, 0.05) is 55.3 Å². The summed E-state index contributed by atoms with van der Waals surface area (Å²) in [6.45, 7) is 0.468. The van der Waals surface area contributed by atoms with E-state index in [2.05, 4.69) is 15.3 Å². The number of hydrogen-bond acceptors (Lipinski definition) is 4. The molecule has 2 aliphatic rings. The third kappa shape index (κ3) is 3.24. The number of nitrogens with one attached hydrogen (secondary N) is 1. The van der Waals surface area contributed by atoms with E-state index >= 15 is 0 Å². The summed E-state index contributed by atoms with van der Waals surface area (Å²) in [6, 6.07) is 7.62. The fraction of sp³-hybridized carbons (Fsp3) is 0.368.